The first-order valence-corrected chi connectivity index (χ1v) is 10.7. The third-order valence-corrected chi connectivity index (χ3v) is 7.18. The summed E-state index contributed by atoms with van der Waals surface area (Å²) in [4.78, 5) is 32.0. The van der Waals surface area contributed by atoms with E-state index in [1.165, 1.54) is 23.1 Å². The Bertz CT molecular complexity index is 971. The first kappa shape index (κ1) is 21.5. The van der Waals surface area contributed by atoms with E-state index in [4.69, 9.17) is 0 Å². The first-order valence-electron chi connectivity index (χ1n) is 8.96. The summed E-state index contributed by atoms with van der Waals surface area (Å²) in [6, 6.07) is 2.18. The van der Waals surface area contributed by atoms with Crippen LogP contribution in [0.15, 0.2) is 9.95 Å². The van der Waals surface area contributed by atoms with Gasteiger partial charge in [-0.2, -0.15) is 5.26 Å². The van der Waals surface area contributed by atoms with E-state index in [1.54, 1.807) is 18.4 Å². The van der Waals surface area contributed by atoms with Gasteiger partial charge in [-0.1, -0.05) is 25.6 Å². The molecular weight excluding hydrogens is 380 g/mol. The Kier molecular flexibility index (Phi) is 6.38. The Hall–Kier alpha value is -1.85. The zero-order valence-corrected chi connectivity index (χ0v) is 18.5. The Labute approximate surface area is 168 Å². The third kappa shape index (κ3) is 4.04. The van der Waals surface area contributed by atoms with Gasteiger partial charge in [0.1, 0.15) is 10.4 Å². The fourth-order valence-corrected chi connectivity index (χ4v) is 4.59. The van der Waals surface area contributed by atoms with Crippen LogP contribution >= 0.6 is 23.1 Å². The number of hydrogen-bond donors (Lipinski definition) is 1. The molecule has 2 heterocycles. The van der Waals surface area contributed by atoms with Crippen LogP contribution in [0.3, 0.4) is 0 Å². The van der Waals surface area contributed by atoms with Gasteiger partial charge in [0.25, 0.3) is 5.56 Å². The number of carbonyl (C=O) groups excluding carboxylic acids is 1. The number of hydrogen-bond acceptors (Lipinski definition) is 6. The van der Waals surface area contributed by atoms with Gasteiger partial charge in [-0.05, 0) is 46.1 Å². The summed E-state index contributed by atoms with van der Waals surface area (Å²) in [5.74, 6) is -0.266. The topological polar surface area (TPSA) is 87.8 Å². The summed E-state index contributed by atoms with van der Waals surface area (Å²) in [5.41, 5.74) is -0.0300. The highest BCUT2D eigenvalue weighted by atomic mass is 32.2. The minimum atomic E-state index is -0.935. The van der Waals surface area contributed by atoms with E-state index in [2.05, 4.69) is 16.4 Å². The zero-order chi connectivity index (χ0) is 20.5. The SMILES string of the molecule is CCn1c(S[C@H](C)C(=O)N[C@](C)(C#N)C(C)C)nc2sc(C)c(C)c2c1=O. The number of rotatable bonds is 6. The van der Waals surface area contributed by atoms with Crippen LogP contribution in [-0.4, -0.2) is 26.2 Å². The molecule has 2 aromatic rings. The molecule has 0 saturated heterocycles. The van der Waals surface area contributed by atoms with Crippen molar-refractivity contribution in [1.82, 2.24) is 14.9 Å². The molecule has 1 amide bonds. The smallest absolute Gasteiger partial charge is 0.263 e. The fraction of sp³-hybridized carbons (Fsp3) is 0.579. The molecule has 0 aromatic carbocycles. The van der Waals surface area contributed by atoms with Crippen LogP contribution < -0.4 is 10.9 Å². The Morgan fingerprint density at radius 2 is 2.04 bits per heavy atom. The summed E-state index contributed by atoms with van der Waals surface area (Å²) in [6.07, 6.45) is 0. The lowest BCUT2D eigenvalue weighted by molar-refractivity contribution is -0.121. The molecule has 1 N–H and O–H groups in total. The number of nitrogens with one attached hydrogen (secondary N) is 1. The molecular formula is C19H26N4O2S2. The lowest BCUT2D eigenvalue weighted by Gasteiger charge is -2.28. The lowest BCUT2D eigenvalue weighted by atomic mass is 9.90. The van der Waals surface area contributed by atoms with E-state index < -0.39 is 10.8 Å². The summed E-state index contributed by atoms with van der Waals surface area (Å²) in [5, 5.41) is 13.0. The summed E-state index contributed by atoms with van der Waals surface area (Å²) in [6.45, 7) is 13.6. The molecule has 0 aliphatic carbocycles. The van der Waals surface area contributed by atoms with Crippen molar-refractivity contribution in [3.05, 3.63) is 20.8 Å². The van der Waals surface area contributed by atoms with Crippen molar-refractivity contribution in [3.8, 4) is 6.07 Å². The van der Waals surface area contributed by atoms with Gasteiger partial charge >= 0.3 is 0 Å². The summed E-state index contributed by atoms with van der Waals surface area (Å²) >= 11 is 2.74. The first-order chi connectivity index (χ1) is 12.6. The van der Waals surface area contributed by atoms with Crippen LogP contribution in [0.1, 0.15) is 45.1 Å². The zero-order valence-electron chi connectivity index (χ0n) is 16.8. The number of amides is 1. The molecule has 8 heteroatoms. The highest BCUT2D eigenvalue weighted by Gasteiger charge is 2.32. The molecule has 0 aliphatic heterocycles. The highest BCUT2D eigenvalue weighted by molar-refractivity contribution is 8.00. The second-order valence-corrected chi connectivity index (χ2v) is 9.64. The molecule has 2 atom stereocenters. The Morgan fingerprint density at radius 3 is 2.56 bits per heavy atom. The number of thiophene rings is 1. The molecule has 0 unspecified atom stereocenters. The predicted octanol–water partition coefficient (Wildman–Crippen LogP) is 3.63. The van der Waals surface area contributed by atoms with Crippen LogP contribution in [0.4, 0.5) is 0 Å². The molecule has 0 aliphatic rings. The van der Waals surface area contributed by atoms with E-state index in [-0.39, 0.29) is 17.4 Å². The molecule has 27 heavy (non-hydrogen) atoms. The molecule has 0 fully saturated rings. The van der Waals surface area contributed by atoms with E-state index in [0.29, 0.717) is 21.9 Å². The molecule has 2 rings (SSSR count). The van der Waals surface area contributed by atoms with Gasteiger partial charge in [0.05, 0.1) is 16.7 Å². The second kappa shape index (κ2) is 8.03. The van der Waals surface area contributed by atoms with Crippen LogP contribution in [0.2, 0.25) is 0 Å². The number of carbonyl (C=O) groups is 1. The number of fused-ring (bicyclic) bond motifs is 1. The maximum absolute atomic E-state index is 12.9. The summed E-state index contributed by atoms with van der Waals surface area (Å²) < 4.78 is 1.61. The van der Waals surface area contributed by atoms with Crippen molar-refractivity contribution < 1.29 is 4.79 Å². The second-order valence-electron chi connectivity index (χ2n) is 7.13. The van der Waals surface area contributed by atoms with Crippen molar-refractivity contribution >= 4 is 39.2 Å². The van der Waals surface area contributed by atoms with Gasteiger partial charge in [-0.15, -0.1) is 11.3 Å². The largest absolute Gasteiger partial charge is 0.337 e. The van der Waals surface area contributed by atoms with Crippen LogP contribution in [0, 0.1) is 31.1 Å². The number of aryl methyl sites for hydroxylation is 2. The summed E-state index contributed by atoms with van der Waals surface area (Å²) in [7, 11) is 0. The number of nitriles is 1. The maximum atomic E-state index is 12.9. The average Bonchev–Trinajstić information content (AvgIpc) is 2.89. The molecule has 0 saturated carbocycles. The highest BCUT2D eigenvalue weighted by Crippen LogP contribution is 2.30. The van der Waals surface area contributed by atoms with E-state index in [0.717, 1.165) is 10.4 Å². The maximum Gasteiger partial charge on any atom is 0.263 e. The molecule has 0 bridgehead atoms. The standard InChI is InChI=1S/C19H26N4O2S2/c1-8-23-17(25)14-11(4)12(5)26-16(14)21-18(23)27-13(6)15(24)22-19(7,9-20)10(2)3/h10,13H,8H2,1-7H3,(H,22,24)/t13-,19-/m1/s1. The number of aromatic nitrogens is 2. The van der Waals surface area contributed by atoms with Crippen molar-refractivity contribution in [2.45, 2.75) is 71.0 Å². The Balaban J connectivity index is 2.37. The van der Waals surface area contributed by atoms with E-state index >= 15 is 0 Å². The average molecular weight is 407 g/mol. The minimum absolute atomic E-state index is 0.0241. The lowest BCUT2D eigenvalue weighted by Crippen LogP contribution is -2.51. The molecule has 6 nitrogen and oxygen atoms in total. The number of nitrogens with zero attached hydrogens (tertiary/aromatic N) is 3. The molecule has 2 aromatic heterocycles. The quantitative estimate of drug-likeness (QED) is 0.585. The van der Waals surface area contributed by atoms with Gasteiger partial charge in [0.15, 0.2) is 5.16 Å². The Morgan fingerprint density at radius 1 is 1.41 bits per heavy atom. The van der Waals surface area contributed by atoms with Gasteiger partial charge < -0.3 is 5.32 Å². The van der Waals surface area contributed by atoms with E-state index in [1.807, 2.05) is 34.6 Å². The van der Waals surface area contributed by atoms with Crippen molar-refractivity contribution in [3.63, 3.8) is 0 Å². The minimum Gasteiger partial charge on any atom is -0.337 e. The monoisotopic (exact) mass is 406 g/mol. The normalized spacial score (nSPS) is 14.8. The van der Waals surface area contributed by atoms with Crippen LogP contribution in [-0.2, 0) is 11.3 Å². The van der Waals surface area contributed by atoms with Crippen LogP contribution in [0.5, 0.6) is 0 Å². The predicted molar refractivity (Wildman–Crippen MR) is 111 cm³/mol. The third-order valence-electron chi connectivity index (χ3n) is 4.99. The van der Waals surface area contributed by atoms with Crippen molar-refractivity contribution in [2.75, 3.05) is 0 Å². The number of thioether (sulfide) groups is 1. The van der Waals surface area contributed by atoms with Gasteiger partial charge in [-0.25, -0.2) is 4.98 Å². The van der Waals surface area contributed by atoms with E-state index in [9.17, 15) is 14.9 Å². The molecule has 0 radical (unpaired) electrons. The molecule has 0 spiro atoms. The van der Waals surface area contributed by atoms with Gasteiger partial charge in [0, 0.05) is 11.4 Å². The molecule has 146 valence electrons. The van der Waals surface area contributed by atoms with Crippen LogP contribution in [0.25, 0.3) is 10.2 Å². The van der Waals surface area contributed by atoms with Crippen molar-refractivity contribution in [2.24, 2.45) is 5.92 Å². The van der Waals surface area contributed by atoms with Gasteiger partial charge in [-0.3, -0.25) is 14.2 Å². The van der Waals surface area contributed by atoms with Crippen molar-refractivity contribution in [1.29, 1.82) is 5.26 Å². The fourth-order valence-electron chi connectivity index (χ4n) is 2.55. The van der Waals surface area contributed by atoms with Gasteiger partial charge in [0.2, 0.25) is 5.91 Å².